The average Bonchev–Trinajstić information content (AvgIpc) is 2.40. The Labute approximate surface area is 111 Å². The second kappa shape index (κ2) is 6.07. The lowest BCUT2D eigenvalue weighted by Gasteiger charge is -2.22. The van der Waals surface area contributed by atoms with Gasteiger partial charge in [-0.2, -0.15) is 0 Å². The molecule has 18 heavy (non-hydrogen) atoms. The van der Waals surface area contributed by atoms with E-state index >= 15 is 0 Å². The van der Waals surface area contributed by atoms with E-state index in [0.717, 1.165) is 25.9 Å². The summed E-state index contributed by atoms with van der Waals surface area (Å²) in [6.07, 6.45) is 2.15. The first-order chi connectivity index (χ1) is 8.66. The molecule has 0 aromatic heterocycles. The van der Waals surface area contributed by atoms with Gasteiger partial charge in [-0.05, 0) is 50.0 Å². The Morgan fingerprint density at radius 1 is 1.44 bits per heavy atom. The minimum absolute atomic E-state index is 0.0476. The highest BCUT2D eigenvalue weighted by Crippen LogP contribution is 2.21. The number of aromatic hydroxyl groups is 1. The largest absolute Gasteiger partial charge is 0.508 e. The molecular formula is C13H17ClN2O2. The van der Waals surface area contributed by atoms with Gasteiger partial charge in [0, 0.05) is 6.54 Å². The second-order valence-corrected chi connectivity index (χ2v) is 4.97. The molecule has 1 aromatic carbocycles. The monoisotopic (exact) mass is 268 g/mol. The van der Waals surface area contributed by atoms with Crippen LogP contribution < -0.4 is 10.6 Å². The predicted molar refractivity (Wildman–Crippen MR) is 71.0 cm³/mol. The molecule has 0 aliphatic carbocycles. The zero-order valence-corrected chi connectivity index (χ0v) is 10.8. The van der Waals surface area contributed by atoms with Gasteiger partial charge in [0.05, 0.1) is 10.6 Å². The van der Waals surface area contributed by atoms with Crippen LogP contribution in [0.2, 0.25) is 5.02 Å². The van der Waals surface area contributed by atoms with Crippen molar-refractivity contribution in [1.82, 2.24) is 10.6 Å². The van der Waals surface area contributed by atoms with Gasteiger partial charge in [0.1, 0.15) is 5.75 Å². The van der Waals surface area contributed by atoms with Crippen LogP contribution in [0.5, 0.6) is 5.75 Å². The Kier molecular flexibility index (Phi) is 4.44. The fourth-order valence-corrected chi connectivity index (χ4v) is 2.31. The maximum Gasteiger partial charge on any atom is 0.252 e. The molecule has 1 heterocycles. The molecule has 3 N–H and O–H groups in total. The standard InChI is InChI=1S/C13H17ClN2O2/c14-12-2-1-10(17)7-11(12)13(18)16-8-9-3-5-15-6-4-9/h1-2,7,9,15,17H,3-6,8H2,(H,16,18). The number of nitrogens with one attached hydrogen (secondary N) is 2. The number of hydrogen-bond donors (Lipinski definition) is 3. The van der Waals surface area contributed by atoms with E-state index in [2.05, 4.69) is 10.6 Å². The highest BCUT2D eigenvalue weighted by molar-refractivity contribution is 6.33. The van der Waals surface area contributed by atoms with Crippen LogP contribution >= 0.6 is 11.6 Å². The summed E-state index contributed by atoms with van der Waals surface area (Å²) in [6.45, 7) is 2.67. The van der Waals surface area contributed by atoms with E-state index in [-0.39, 0.29) is 11.7 Å². The van der Waals surface area contributed by atoms with Crippen LogP contribution in [-0.4, -0.2) is 30.6 Å². The van der Waals surface area contributed by atoms with E-state index in [0.29, 0.717) is 23.0 Å². The number of piperidine rings is 1. The van der Waals surface area contributed by atoms with Crippen molar-refractivity contribution in [3.63, 3.8) is 0 Å². The summed E-state index contributed by atoms with van der Waals surface area (Å²) in [5.41, 5.74) is 0.325. The summed E-state index contributed by atoms with van der Waals surface area (Å²) < 4.78 is 0. The van der Waals surface area contributed by atoms with Gasteiger partial charge in [0.15, 0.2) is 0 Å². The smallest absolute Gasteiger partial charge is 0.252 e. The molecule has 1 fully saturated rings. The Bertz CT molecular complexity index is 431. The van der Waals surface area contributed by atoms with Crippen molar-refractivity contribution in [3.8, 4) is 5.75 Å². The molecule has 0 atom stereocenters. The maximum atomic E-state index is 11.9. The normalized spacial score (nSPS) is 16.5. The van der Waals surface area contributed by atoms with Crippen LogP contribution in [0.15, 0.2) is 18.2 Å². The van der Waals surface area contributed by atoms with Crippen molar-refractivity contribution in [2.75, 3.05) is 19.6 Å². The summed E-state index contributed by atoms with van der Waals surface area (Å²) >= 11 is 5.93. The van der Waals surface area contributed by atoms with E-state index < -0.39 is 0 Å². The summed E-state index contributed by atoms with van der Waals surface area (Å²) in [6, 6.07) is 4.38. The van der Waals surface area contributed by atoms with Crippen LogP contribution in [-0.2, 0) is 0 Å². The highest BCUT2D eigenvalue weighted by atomic mass is 35.5. The average molecular weight is 269 g/mol. The SMILES string of the molecule is O=C(NCC1CCNCC1)c1cc(O)ccc1Cl. The summed E-state index contributed by atoms with van der Waals surface area (Å²) in [5, 5.41) is 15.9. The fraction of sp³-hybridized carbons (Fsp3) is 0.462. The van der Waals surface area contributed by atoms with Gasteiger partial charge in [-0.15, -0.1) is 0 Å². The number of halogens is 1. The fourth-order valence-electron chi connectivity index (χ4n) is 2.11. The van der Waals surface area contributed by atoms with Crippen molar-refractivity contribution >= 4 is 17.5 Å². The van der Waals surface area contributed by atoms with Crippen molar-refractivity contribution < 1.29 is 9.90 Å². The molecule has 4 nitrogen and oxygen atoms in total. The van der Waals surface area contributed by atoms with E-state index in [1.54, 1.807) is 0 Å². The topological polar surface area (TPSA) is 61.4 Å². The highest BCUT2D eigenvalue weighted by Gasteiger charge is 2.16. The minimum Gasteiger partial charge on any atom is -0.508 e. The van der Waals surface area contributed by atoms with Crippen LogP contribution in [0.25, 0.3) is 0 Å². The molecule has 5 heteroatoms. The quantitative estimate of drug-likeness (QED) is 0.783. The molecule has 1 aliphatic heterocycles. The molecule has 1 amide bonds. The Balaban J connectivity index is 1.92. The van der Waals surface area contributed by atoms with E-state index in [4.69, 9.17) is 11.6 Å². The van der Waals surface area contributed by atoms with Crippen LogP contribution in [0, 0.1) is 5.92 Å². The van der Waals surface area contributed by atoms with Gasteiger partial charge in [-0.1, -0.05) is 11.6 Å². The molecule has 0 radical (unpaired) electrons. The molecule has 0 unspecified atom stereocenters. The minimum atomic E-state index is -0.227. The lowest BCUT2D eigenvalue weighted by atomic mass is 9.98. The Morgan fingerprint density at radius 3 is 2.89 bits per heavy atom. The molecule has 0 saturated carbocycles. The Hall–Kier alpha value is -1.26. The lowest BCUT2D eigenvalue weighted by molar-refractivity contribution is 0.0944. The first kappa shape index (κ1) is 13.2. The molecular weight excluding hydrogens is 252 g/mol. The lowest BCUT2D eigenvalue weighted by Crippen LogP contribution is -2.36. The number of carbonyl (C=O) groups excluding carboxylic acids is 1. The van der Waals surface area contributed by atoms with Crippen molar-refractivity contribution in [2.45, 2.75) is 12.8 Å². The third kappa shape index (κ3) is 3.37. The molecule has 98 valence electrons. The number of hydrogen-bond acceptors (Lipinski definition) is 3. The molecule has 1 aromatic rings. The van der Waals surface area contributed by atoms with E-state index in [1.165, 1.54) is 18.2 Å². The zero-order valence-electron chi connectivity index (χ0n) is 10.1. The first-order valence-electron chi connectivity index (χ1n) is 6.14. The number of benzene rings is 1. The molecule has 0 spiro atoms. The molecule has 0 bridgehead atoms. The summed E-state index contributed by atoms with van der Waals surface area (Å²) in [5.74, 6) is 0.340. The molecule has 1 aliphatic rings. The first-order valence-corrected chi connectivity index (χ1v) is 6.52. The van der Waals surface area contributed by atoms with Gasteiger partial charge < -0.3 is 15.7 Å². The third-order valence-corrected chi connectivity index (χ3v) is 3.53. The van der Waals surface area contributed by atoms with E-state index in [9.17, 15) is 9.90 Å². The van der Waals surface area contributed by atoms with Crippen molar-refractivity contribution in [1.29, 1.82) is 0 Å². The molecule has 1 saturated heterocycles. The number of rotatable bonds is 3. The van der Waals surface area contributed by atoms with Crippen molar-refractivity contribution in [3.05, 3.63) is 28.8 Å². The van der Waals surface area contributed by atoms with Gasteiger partial charge in [0.25, 0.3) is 5.91 Å². The molecule has 2 rings (SSSR count). The summed E-state index contributed by atoms with van der Waals surface area (Å²) in [7, 11) is 0. The van der Waals surface area contributed by atoms with Gasteiger partial charge in [0.2, 0.25) is 0 Å². The van der Waals surface area contributed by atoms with Crippen LogP contribution in [0.4, 0.5) is 0 Å². The Morgan fingerprint density at radius 2 is 2.17 bits per heavy atom. The third-order valence-electron chi connectivity index (χ3n) is 3.20. The maximum absolute atomic E-state index is 11.9. The summed E-state index contributed by atoms with van der Waals surface area (Å²) in [4.78, 5) is 11.9. The van der Waals surface area contributed by atoms with E-state index in [1.807, 2.05) is 0 Å². The number of phenols is 1. The van der Waals surface area contributed by atoms with Gasteiger partial charge in [-0.3, -0.25) is 4.79 Å². The second-order valence-electron chi connectivity index (χ2n) is 4.57. The van der Waals surface area contributed by atoms with Crippen LogP contribution in [0.1, 0.15) is 23.2 Å². The zero-order chi connectivity index (χ0) is 13.0. The van der Waals surface area contributed by atoms with Gasteiger partial charge >= 0.3 is 0 Å². The van der Waals surface area contributed by atoms with Crippen LogP contribution in [0.3, 0.4) is 0 Å². The number of carbonyl (C=O) groups is 1. The number of phenolic OH excluding ortho intramolecular Hbond substituents is 1. The van der Waals surface area contributed by atoms with Crippen molar-refractivity contribution in [2.24, 2.45) is 5.92 Å². The predicted octanol–water partition coefficient (Wildman–Crippen LogP) is 1.78. The van der Waals surface area contributed by atoms with Gasteiger partial charge in [-0.25, -0.2) is 0 Å². The number of amides is 1.